The molecule has 0 aliphatic heterocycles. The Labute approximate surface area is 121 Å². The van der Waals surface area contributed by atoms with Gasteiger partial charge in [-0.05, 0) is 12.0 Å². The van der Waals surface area contributed by atoms with Crippen molar-refractivity contribution < 1.29 is 29.0 Å². The monoisotopic (exact) mass is 313 g/mol. The number of hydrogen-bond acceptors (Lipinski definition) is 3. The number of aliphatic carboxylic acids is 1. The minimum absolute atomic E-state index is 0.235. The molecule has 1 unspecified atom stereocenters. The van der Waals surface area contributed by atoms with E-state index in [0.717, 1.165) is 11.6 Å². The van der Waals surface area contributed by atoms with E-state index in [2.05, 4.69) is 5.32 Å². The minimum atomic E-state index is -4.31. The van der Waals surface area contributed by atoms with E-state index in [-0.39, 0.29) is 6.42 Å². The molecule has 114 valence electrons. The molecule has 1 aromatic rings. The Morgan fingerprint density at radius 3 is 2.33 bits per heavy atom. The zero-order valence-corrected chi connectivity index (χ0v) is 11.9. The lowest BCUT2D eigenvalue weighted by Crippen LogP contribution is -2.38. The lowest BCUT2D eigenvalue weighted by atomic mass is 10.1. The van der Waals surface area contributed by atoms with Crippen LogP contribution < -0.4 is 5.32 Å². The zero-order valence-electron chi connectivity index (χ0n) is 11.0. The van der Waals surface area contributed by atoms with Crippen molar-refractivity contribution in [1.29, 1.82) is 0 Å². The maximum absolute atomic E-state index is 11.5. The van der Waals surface area contributed by atoms with Gasteiger partial charge in [0.05, 0.1) is 6.16 Å². The predicted octanol–water partition coefficient (Wildman–Crippen LogP) is 0.532. The smallest absolute Gasteiger partial charge is 0.328 e. The molecule has 1 rings (SSSR count). The van der Waals surface area contributed by atoms with Crippen LogP contribution in [0.15, 0.2) is 42.5 Å². The first-order chi connectivity index (χ1) is 9.76. The maximum atomic E-state index is 11.5. The van der Waals surface area contributed by atoms with E-state index in [0.29, 0.717) is 6.08 Å². The Bertz CT molecular complexity index is 565. The van der Waals surface area contributed by atoms with Gasteiger partial charge in [0.25, 0.3) is 0 Å². The summed E-state index contributed by atoms with van der Waals surface area (Å²) in [6.45, 7) is 0. The third-order valence-corrected chi connectivity index (χ3v) is 3.42. The van der Waals surface area contributed by atoms with E-state index in [1.807, 2.05) is 0 Å². The van der Waals surface area contributed by atoms with Crippen LogP contribution in [0.3, 0.4) is 0 Å². The van der Waals surface area contributed by atoms with Gasteiger partial charge < -0.3 is 20.2 Å². The van der Waals surface area contributed by atoms with Crippen molar-refractivity contribution in [3.63, 3.8) is 0 Å². The molecular formula is C13H16NO6P. The van der Waals surface area contributed by atoms with Crippen molar-refractivity contribution in [2.75, 3.05) is 6.16 Å². The SMILES string of the molecule is O=C(O)/C=C\C(=O)NC(Cc1ccccc1)CP(=O)(O)O. The molecular weight excluding hydrogens is 297 g/mol. The fraction of sp³-hybridized carbons (Fsp3) is 0.231. The second kappa shape index (κ2) is 7.73. The summed E-state index contributed by atoms with van der Waals surface area (Å²) < 4.78 is 11.1. The summed E-state index contributed by atoms with van der Waals surface area (Å²) in [5.74, 6) is -1.99. The predicted molar refractivity (Wildman–Crippen MR) is 75.8 cm³/mol. The molecule has 0 heterocycles. The molecule has 1 amide bonds. The summed E-state index contributed by atoms with van der Waals surface area (Å²) in [5, 5.41) is 10.8. The molecule has 0 aromatic heterocycles. The quantitative estimate of drug-likeness (QED) is 0.430. The Kier molecular flexibility index (Phi) is 6.30. The van der Waals surface area contributed by atoms with E-state index in [9.17, 15) is 14.2 Å². The molecule has 0 radical (unpaired) electrons. The van der Waals surface area contributed by atoms with Crippen LogP contribution in [0, 0.1) is 0 Å². The summed E-state index contributed by atoms with van der Waals surface area (Å²) >= 11 is 0. The van der Waals surface area contributed by atoms with Crippen LogP contribution in [0.2, 0.25) is 0 Å². The molecule has 4 N–H and O–H groups in total. The topological polar surface area (TPSA) is 124 Å². The average molecular weight is 313 g/mol. The van der Waals surface area contributed by atoms with Gasteiger partial charge in [-0.2, -0.15) is 0 Å². The first-order valence-electron chi connectivity index (χ1n) is 6.06. The van der Waals surface area contributed by atoms with Crippen LogP contribution in [0.25, 0.3) is 0 Å². The van der Waals surface area contributed by atoms with E-state index in [4.69, 9.17) is 14.9 Å². The van der Waals surface area contributed by atoms with E-state index >= 15 is 0 Å². The number of amides is 1. The Morgan fingerprint density at radius 2 is 1.81 bits per heavy atom. The van der Waals surface area contributed by atoms with Gasteiger partial charge >= 0.3 is 13.6 Å². The van der Waals surface area contributed by atoms with Crippen molar-refractivity contribution in [2.24, 2.45) is 0 Å². The highest BCUT2D eigenvalue weighted by molar-refractivity contribution is 7.51. The molecule has 0 bridgehead atoms. The van der Waals surface area contributed by atoms with Crippen molar-refractivity contribution in [2.45, 2.75) is 12.5 Å². The average Bonchev–Trinajstić information content (AvgIpc) is 2.35. The number of nitrogens with one attached hydrogen (secondary N) is 1. The van der Waals surface area contributed by atoms with Gasteiger partial charge in [-0.3, -0.25) is 9.36 Å². The van der Waals surface area contributed by atoms with Crippen LogP contribution in [-0.2, 0) is 20.6 Å². The molecule has 0 fully saturated rings. The number of carbonyl (C=O) groups excluding carboxylic acids is 1. The highest BCUT2D eigenvalue weighted by Gasteiger charge is 2.22. The standard InChI is InChI=1S/C13H16NO6P/c15-12(6-7-13(16)17)14-11(9-21(18,19)20)8-10-4-2-1-3-5-10/h1-7,11H,8-9H2,(H,14,15)(H,16,17)(H2,18,19,20)/b7-6-. The number of carboxylic acids is 1. The third-order valence-electron chi connectivity index (χ3n) is 2.51. The van der Waals surface area contributed by atoms with E-state index < -0.39 is 31.7 Å². The summed E-state index contributed by atoms with van der Waals surface area (Å²) in [6, 6.07) is 8.10. The van der Waals surface area contributed by atoms with Gasteiger partial charge in [0.1, 0.15) is 0 Å². The molecule has 0 spiro atoms. The molecule has 7 nitrogen and oxygen atoms in total. The molecule has 1 atom stereocenters. The lowest BCUT2D eigenvalue weighted by molar-refractivity contribution is -0.131. The molecule has 8 heteroatoms. The highest BCUT2D eigenvalue weighted by Crippen LogP contribution is 2.35. The van der Waals surface area contributed by atoms with Crippen molar-refractivity contribution in [3.8, 4) is 0 Å². The Hall–Kier alpha value is -1.95. The number of benzene rings is 1. The van der Waals surface area contributed by atoms with Gasteiger partial charge in [0.2, 0.25) is 5.91 Å². The zero-order chi connectivity index (χ0) is 15.9. The van der Waals surface area contributed by atoms with E-state index in [1.54, 1.807) is 30.3 Å². The summed E-state index contributed by atoms with van der Waals surface area (Å²) in [5.41, 5.74) is 0.804. The van der Waals surface area contributed by atoms with Crippen molar-refractivity contribution in [1.82, 2.24) is 5.32 Å². The number of rotatable bonds is 7. The van der Waals surface area contributed by atoms with E-state index in [1.165, 1.54) is 0 Å². The minimum Gasteiger partial charge on any atom is -0.478 e. The normalized spacial score (nSPS) is 13.0. The maximum Gasteiger partial charge on any atom is 0.328 e. The Morgan fingerprint density at radius 1 is 1.19 bits per heavy atom. The van der Waals surface area contributed by atoms with Gasteiger partial charge in [-0.15, -0.1) is 0 Å². The summed E-state index contributed by atoms with van der Waals surface area (Å²) in [7, 11) is -4.31. The van der Waals surface area contributed by atoms with Gasteiger partial charge in [-0.25, -0.2) is 4.79 Å². The fourth-order valence-corrected chi connectivity index (χ4v) is 2.54. The summed E-state index contributed by atoms with van der Waals surface area (Å²) in [6.07, 6.45) is 1.18. The second-order valence-corrected chi connectivity index (χ2v) is 6.11. The largest absolute Gasteiger partial charge is 0.478 e. The molecule has 0 aliphatic carbocycles. The molecule has 21 heavy (non-hydrogen) atoms. The molecule has 0 saturated heterocycles. The second-order valence-electron chi connectivity index (χ2n) is 4.41. The highest BCUT2D eigenvalue weighted by atomic mass is 31.2. The van der Waals surface area contributed by atoms with Crippen LogP contribution in [0.4, 0.5) is 0 Å². The first kappa shape index (κ1) is 17.1. The van der Waals surface area contributed by atoms with Crippen molar-refractivity contribution in [3.05, 3.63) is 48.0 Å². The van der Waals surface area contributed by atoms with Crippen LogP contribution in [0.5, 0.6) is 0 Å². The van der Waals surface area contributed by atoms with Crippen LogP contribution >= 0.6 is 7.60 Å². The van der Waals surface area contributed by atoms with Crippen molar-refractivity contribution >= 4 is 19.5 Å². The van der Waals surface area contributed by atoms with Gasteiger partial charge in [-0.1, -0.05) is 30.3 Å². The third kappa shape index (κ3) is 8.04. The van der Waals surface area contributed by atoms with Gasteiger partial charge in [0.15, 0.2) is 0 Å². The van der Waals surface area contributed by atoms with Crippen LogP contribution in [0.1, 0.15) is 5.56 Å². The fourth-order valence-electron chi connectivity index (χ4n) is 1.74. The molecule has 0 saturated carbocycles. The Balaban J connectivity index is 2.75. The number of carbonyl (C=O) groups is 2. The molecule has 1 aromatic carbocycles. The first-order valence-corrected chi connectivity index (χ1v) is 7.86. The molecule has 0 aliphatic rings. The van der Waals surface area contributed by atoms with Gasteiger partial charge in [0, 0.05) is 18.2 Å². The lowest BCUT2D eigenvalue weighted by Gasteiger charge is -2.18. The van der Waals surface area contributed by atoms with Crippen LogP contribution in [-0.4, -0.2) is 39.0 Å². The summed E-state index contributed by atoms with van der Waals surface area (Å²) in [4.78, 5) is 39.9. The number of carboxylic acid groups (broad SMARTS) is 1. The number of hydrogen-bond donors (Lipinski definition) is 4.